The molecule has 0 aliphatic heterocycles. The molecule has 0 spiro atoms. The first-order valence-corrected chi connectivity index (χ1v) is 6.26. The summed E-state index contributed by atoms with van der Waals surface area (Å²) in [7, 11) is 2.42. The monoisotopic (exact) mass is 268 g/mol. The van der Waals surface area contributed by atoms with Crippen LogP contribution in [0, 0.1) is 23.7 Å². The molecule has 0 saturated heterocycles. The van der Waals surface area contributed by atoms with Crippen LogP contribution in [0.2, 0.25) is 0 Å². The SMILES string of the molecule is COC(=O)[C@@H]1[C@H](C(=O)OC)[C@H]2CCC[C@@H]1C(=O)C2=O. The van der Waals surface area contributed by atoms with Gasteiger partial charge in [-0.05, 0) is 12.8 Å². The van der Waals surface area contributed by atoms with Crippen LogP contribution >= 0.6 is 0 Å². The number of carbonyl (C=O) groups is 4. The van der Waals surface area contributed by atoms with Crippen LogP contribution in [0.25, 0.3) is 0 Å². The molecular weight excluding hydrogens is 252 g/mol. The molecule has 4 atom stereocenters. The first kappa shape index (κ1) is 13.7. The minimum atomic E-state index is -0.893. The van der Waals surface area contributed by atoms with Crippen molar-refractivity contribution in [3.63, 3.8) is 0 Å². The second-order valence-electron chi connectivity index (χ2n) is 4.97. The summed E-state index contributed by atoms with van der Waals surface area (Å²) in [6.07, 6.45) is 1.52. The predicted octanol–water partition coefficient (Wildman–Crippen LogP) is 0.133. The lowest BCUT2D eigenvalue weighted by Gasteiger charge is -2.34. The van der Waals surface area contributed by atoms with Gasteiger partial charge in [-0.15, -0.1) is 0 Å². The van der Waals surface area contributed by atoms with Gasteiger partial charge < -0.3 is 9.47 Å². The van der Waals surface area contributed by atoms with E-state index in [1.165, 1.54) is 14.2 Å². The van der Waals surface area contributed by atoms with E-state index >= 15 is 0 Å². The van der Waals surface area contributed by atoms with Gasteiger partial charge in [0, 0.05) is 11.8 Å². The topological polar surface area (TPSA) is 86.7 Å². The van der Waals surface area contributed by atoms with Gasteiger partial charge in [0.25, 0.3) is 0 Å². The Bertz CT molecular complexity index is 400. The summed E-state index contributed by atoms with van der Waals surface area (Å²) in [5.74, 6) is -5.60. The number of Topliss-reactive ketones (excluding diaryl/α,β-unsaturated/α-hetero) is 2. The lowest BCUT2D eigenvalue weighted by atomic mass is 9.66. The highest BCUT2D eigenvalue weighted by atomic mass is 16.5. The Morgan fingerprint density at radius 2 is 1.26 bits per heavy atom. The van der Waals surface area contributed by atoms with Gasteiger partial charge in [-0.2, -0.15) is 0 Å². The lowest BCUT2D eigenvalue weighted by molar-refractivity contribution is -0.169. The van der Waals surface area contributed by atoms with E-state index in [2.05, 4.69) is 0 Å². The van der Waals surface area contributed by atoms with E-state index in [0.717, 1.165) is 0 Å². The van der Waals surface area contributed by atoms with Gasteiger partial charge in [0.1, 0.15) is 0 Å². The molecule has 3 aliphatic rings. The first-order valence-electron chi connectivity index (χ1n) is 6.26. The van der Waals surface area contributed by atoms with Gasteiger partial charge >= 0.3 is 11.9 Å². The molecule has 0 aromatic heterocycles. The average Bonchev–Trinajstić information content (AvgIpc) is 2.69. The van der Waals surface area contributed by atoms with Crippen molar-refractivity contribution in [2.75, 3.05) is 14.2 Å². The maximum atomic E-state index is 12.0. The minimum Gasteiger partial charge on any atom is -0.469 e. The second-order valence-corrected chi connectivity index (χ2v) is 4.97. The molecule has 19 heavy (non-hydrogen) atoms. The van der Waals surface area contributed by atoms with Crippen LogP contribution in [0.4, 0.5) is 0 Å². The molecule has 104 valence electrons. The Morgan fingerprint density at radius 3 is 1.58 bits per heavy atom. The molecule has 0 heterocycles. The van der Waals surface area contributed by atoms with Gasteiger partial charge in [0.05, 0.1) is 26.1 Å². The Labute approximate surface area is 110 Å². The average molecular weight is 268 g/mol. The Balaban J connectivity index is 2.47. The molecule has 0 unspecified atom stereocenters. The zero-order chi connectivity index (χ0) is 14.2. The number of ether oxygens (including phenoxy) is 2. The number of rotatable bonds is 2. The molecule has 3 rings (SSSR count). The van der Waals surface area contributed by atoms with E-state index in [-0.39, 0.29) is 0 Å². The van der Waals surface area contributed by atoms with Gasteiger partial charge in [0.15, 0.2) is 0 Å². The summed E-state index contributed by atoms with van der Waals surface area (Å²) in [5.41, 5.74) is 0. The van der Waals surface area contributed by atoms with Crippen LogP contribution in [0.1, 0.15) is 19.3 Å². The predicted molar refractivity (Wildman–Crippen MR) is 61.9 cm³/mol. The first-order chi connectivity index (χ1) is 9.02. The molecule has 0 aromatic rings. The Morgan fingerprint density at radius 1 is 0.895 bits per heavy atom. The molecule has 6 heteroatoms. The summed E-state index contributed by atoms with van der Waals surface area (Å²) in [4.78, 5) is 47.8. The van der Waals surface area contributed by atoms with Crippen molar-refractivity contribution in [1.29, 1.82) is 0 Å². The molecule has 0 N–H and O–H groups in total. The summed E-state index contributed by atoms with van der Waals surface area (Å²) in [5, 5.41) is 0. The summed E-state index contributed by atoms with van der Waals surface area (Å²) in [6, 6.07) is 0. The minimum absolute atomic E-state index is 0.439. The maximum Gasteiger partial charge on any atom is 0.310 e. The molecule has 2 bridgehead atoms. The fourth-order valence-corrected chi connectivity index (χ4v) is 3.27. The molecule has 0 amide bonds. The zero-order valence-corrected chi connectivity index (χ0v) is 10.9. The number of carbonyl (C=O) groups excluding carboxylic acids is 4. The fraction of sp³-hybridized carbons (Fsp3) is 0.692. The highest BCUT2D eigenvalue weighted by Crippen LogP contribution is 2.44. The summed E-state index contributed by atoms with van der Waals surface area (Å²) >= 11 is 0. The van der Waals surface area contributed by atoms with E-state index in [4.69, 9.17) is 9.47 Å². The van der Waals surface area contributed by atoms with E-state index in [1.807, 2.05) is 0 Å². The highest BCUT2D eigenvalue weighted by molar-refractivity contribution is 6.40. The molecule has 0 radical (unpaired) electrons. The molecule has 3 fully saturated rings. The largest absolute Gasteiger partial charge is 0.469 e. The quantitative estimate of drug-likeness (QED) is 0.522. The van der Waals surface area contributed by atoms with Crippen LogP contribution in [0.3, 0.4) is 0 Å². The lowest BCUT2D eigenvalue weighted by Crippen LogP contribution is -2.51. The van der Waals surface area contributed by atoms with E-state index in [0.29, 0.717) is 19.3 Å². The normalized spacial score (nSPS) is 33.8. The van der Waals surface area contributed by atoms with Crippen molar-refractivity contribution < 1.29 is 28.7 Å². The number of esters is 2. The number of methoxy groups -OCH3 is 2. The standard InChI is InChI=1S/C13H16O6/c1-18-12(16)8-6-4-3-5-7(11(15)10(6)14)9(8)13(17)19-2/h6-9H,3-5H2,1-2H3/t6-,7+,8-,9+. The number of fused-ring (bicyclic) bond motifs is 4. The van der Waals surface area contributed by atoms with E-state index in [9.17, 15) is 19.2 Å². The maximum absolute atomic E-state index is 12.0. The van der Waals surface area contributed by atoms with Crippen LogP contribution in [0.15, 0.2) is 0 Å². The van der Waals surface area contributed by atoms with Crippen molar-refractivity contribution in [2.45, 2.75) is 19.3 Å². The molecule has 3 aliphatic carbocycles. The van der Waals surface area contributed by atoms with Crippen LogP contribution in [-0.4, -0.2) is 37.7 Å². The number of hydrogen-bond donors (Lipinski definition) is 0. The van der Waals surface area contributed by atoms with E-state index < -0.39 is 47.2 Å². The molecular formula is C13H16O6. The van der Waals surface area contributed by atoms with Crippen LogP contribution < -0.4 is 0 Å². The third kappa shape index (κ3) is 2.05. The summed E-state index contributed by atoms with van der Waals surface area (Å²) in [6.45, 7) is 0. The number of hydrogen-bond acceptors (Lipinski definition) is 6. The molecule has 6 nitrogen and oxygen atoms in total. The fourth-order valence-electron chi connectivity index (χ4n) is 3.27. The summed E-state index contributed by atoms with van der Waals surface area (Å²) < 4.78 is 9.39. The van der Waals surface area contributed by atoms with Gasteiger partial charge in [-0.3, -0.25) is 19.2 Å². The highest BCUT2D eigenvalue weighted by Gasteiger charge is 2.57. The Kier molecular flexibility index (Phi) is 3.68. The third-order valence-electron chi connectivity index (χ3n) is 4.15. The van der Waals surface area contributed by atoms with Gasteiger partial charge in [-0.25, -0.2) is 0 Å². The second kappa shape index (κ2) is 5.11. The molecule has 3 saturated carbocycles. The van der Waals surface area contributed by atoms with Crippen molar-refractivity contribution in [2.24, 2.45) is 23.7 Å². The number of ketones is 2. The van der Waals surface area contributed by atoms with Crippen LogP contribution in [-0.2, 0) is 28.7 Å². The van der Waals surface area contributed by atoms with Gasteiger partial charge in [-0.1, -0.05) is 6.42 Å². The smallest absolute Gasteiger partial charge is 0.310 e. The zero-order valence-electron chi connectivity index (χ0n) is 10.9. The van der Waals surface area contributed by atoms with Crippen molar-refractivity contribution >= 4 is 23.5 Å². The Hall–Kier alpha value is -1.72. The van der Waals surface area contributed by atoms with Crippen molar-refractivity contribution in [3.8, 4) is 0 Å². The van der Waals surface area contributed by atoms with Gasteiger partial charge in [0.2, 0.25) is 11.6 Å². The molecule has 0 aromatic carbocycles. The van der Waals surface area contributed by atoms with E-state index in [1.54, 1.807) is 0 Å². The van der Waals surface area contributed by atoms with Crippen molar-refractivity contribution in [1.82, 2.24) is 0 Å². The van der Waals surface area contributed by atoms with Crippen LogP contribution in [0.5, 0.6) is 0 Å². The van der Waals surface area contributed by atoms with Crippen molar-refractivity contribution in [3.05, 3.63) is 0 Å². The third-order valence-corrected chi connectivity index (χ3v) is 4.15.